The molecule has 3 rings (SSSR count). The maximum atomic E-state index is 12.7. The van der Waals surface area contributed by atoms with Gasteiger partial charge >= 0.3 is 5.97 Å². The molecule has 0 saturated carbocycles. The van der Waals surface area contributed by atoms with Crippen LogP contribution in [0.5, 0.6) is 11.5 Å². The Morgan fingerprint density at radius 2 is 1.85 bits per heavy atom. The Morgan fingerprint density at radius 3 is 2.53 bits per heavy atom. The van der Waals surface area contributed by atoms with Crippen molar-refractivity contribution in [1.82, 2.24) is 0 Å². The number of hydrogen-bond donors (Lipinski definition) is 1. The fourth-order valence-electron chi connectivity index (χ4n) is 2.86. The van der Waals surface area contributed by atoms with Crippen molar-refractivity contribution < 1.29 is 19.1 Å². The fraction of sp³-hybridized carbons (Fsp3) is 0.0800. The smallest absolute Gasteiger partial charge is 0.343 e. The van der Waals surface area contributed by atoms with Crippen LogP contribution in [0.2, 0.25) is 10.0 Å². The summed E-state index contributed by atoms with van der Waals surface area (Å²) in [4.78, 5) is 25.2. The van der Waals surface area contributed by atoms with Gasteiger partial charge in [-0.3, -0.25) is 4.79 Å². The minimum atomic E-state index is -0.666. The number of carbonyl (C=O) groups is 2. The van der Waals surface area contributed by atoms with Gasteiger partial charge in [0.15, 0.2) is 11.5 Å². The Bertz CT molecular complexity index is 1300. The van der Waals surface area contributed by atoms with Crippen molar-refractivity contribution in [3.05, 3.63) is 91.9 Å². The molecule has 172 valence electrons. The molecule has 0 fully saturated rings. The first-order valence-electron chi connectivity index (χ1n) is 9.94. The second kappa shape index (κ2) is 11.7. The van der Waals surface area contributed by atoms with Crippen LogP contribution in [0, 0.1) is 11.3 Å². The molecule has 0 saturated heterocycles. The number of nitriles is 1. The Labute approximate surface area is 214 Å². The summed E-state index contributed by atoms with van der Waals surface area (Å²) in [6, 6.07) is 18.4. The first kappa shape index (κ1) is 25.3. The lowest BCUT2D eigenvalue weighted by Crippen LogP contribution is -2.14. The maximum Gasteiger partial charge on any atom is 0.343 e. The van der Waals surface area contributed by atoms with E-state index in [0.717, 1.165) is 0 Å². The molecule has 6 nitrogen and oxygen atoms in total. The number of rotatable bonds is 7. The molecule has 0 aliphatic heterocycles. The van der Waals surface area contributed by atoms with Gasteiger partial charge in [-0.05, 0) is 70.9 Å². The van der Waals surface area contributed by atoms with Crippen molar-refractivity contribution in [2.45, 2.75) is 6.92 Å². The van der Waals surface area contributed by atoms with E-state index in [1.54, 1.807) is 67.6 Å². The maximum absolute atomic E-state index is 12.7. The lowest BCUT2D eigenvalue weighted by atomic mass is 10.1. The molecule has 0 aliphatic carbocycles. The molecular weight excluding hydrogens is 543 g/mol. The number of anilines is 1. The Hall–Kier alpha value is -3.31. The average molecular weight is 560 g/mol. The highest BCUT2D eigenvalue weighted by molar-refractivity contribution is 9.10. The van der Waals surface area contributed by atoms with E-state index in [9.17, 15) is 14.9 Å². The lowest BCUT2D eigenvalue weighted by Gasteiger charge is -2.14. The van der Waals surface area contributed by atoms with Crippen LogP contribution in [0.25, 0.3) is 6.08 Å². The van der Waals surface area contributed by atoms with Crippen molar-refractivity contribution in [2.75, 3.05) is 11.9 Å². The van der Waals surface area contributed by atoms with Gasteiger partial charge in [0, 0.05) is 0 Å². The Morgan fingerprint density at radius 1 is 1.12 bits per heavy atom. The van der Waals surface area contributed by atoms with Crippen molar-refractivity contribution in [3.63, 3.8) is 0 Å². The zero-order chi connectivity index (χ0) is 24.7. The minimum Gasteiger partial charge on any atom is -0.490 e. The number of halogens is 3. The second-order valence-electron chi connectivity index (χ2n) is 6.74. The van der Waals surface area contributed by atoms with Crippen molar-refractivity contribution in [2.24, 2.45) is 0 Å². The van der Waals surface area contributed by atoms with Gasteiger partial charge in [0.2, 0.25) is 0 Å². The predicted octanol–water partition coefficient (Wildman–Crippen LogP) is 6.92. The molecule has 0 unspecified atom stereocenters. The van der Waals surface area contributed by atoms with Gasteiger partial charge in [0.05, 0.1) is 32.4 Å². The average Bonchev–Trinajstić information content (AvgIpc) is 2.83. The Kier molecular flexibility index (Phi) is 8.72. The van der Waals surface area contributed by atoms with Gasteiger partial charge in [-0.1, -0.05) is 47.5 Å². The van der Waals surface area contributed by atoms with Gasteiger partial charge in [0.25, 0.3) is 5.91 Å². The molecule has 0 spiro atoms. The summed E-state index contributed by atoms with van der Waals surface area (Å²) in [6.07, 6.45) is 1.38. The standard InChI is InChI=1S/C25H17BrCl2N2O4/c1-2-33-21-13-15(12-18(26)23(21)34-25(32)16-7-4-3-5-8-16)11-17(14-29)24(31)30-20-10-6-9-19(27)22(20)28/h3-13H,2H2,1H3,(H,30,31)/b17-11+. The van der Waals surface area contributed by atoms with E-state index in [1.807, 2.05) is 6.07 Å². The van der Waals surface area contributed by atoms with Crippen molar-refractivity contribution in [3.8, 4) is 17.6 Å². The van der Waals surface area contributed by atoms with Crippen LogP contribution in [0.4, 0.5) is 5.69 Å². The molecule has 34 heavy (non-hydrogen) atoms. The van der Waals surface area contributed by atoms with E-state index in [0.29, 0.717) is 22.2 Å². The predicted molar refractivity (Wildman–Crippen MR) is 135 cm³/mol. The molecule has 9 heteroatoms. The molecule has 0 aliphatic rings. The van der Waals surface area contributed by atoms with Gasteiger partial charge < -0.3 is 14.8 Å². The van der Waals surface area contributed by atoms with Crippen LogP contribution in [-0.4, -0.2) is 18.5 Å². The van der Waals surface area contributed by atoms with Crippen molar-refractivity contribution in [1.29, 1.82) is 5.26 Å². The monoisotopic (exact) mass is 558 g/mol. The molecular formula is C25H17BrCl2N2O4. The van der Waals surface area contributed by atoms with Crippen LogP contribution in [-0.2, 0) is 4.79 Å². The SMILES string of the molecule is CCOc1cc(/C=C(\C#N)C(=O)Nc2cccc(Cl)c2Cl)cc(Br)c1OC(=O)c1ccccc1. The molecule has 0 aromatic heterocycles. The minimum absolute atomic E-state index is 0.167. The summed E-state index contributed by atoms with van der Waals surface area (Å²) in [7, 11) is 0. The molecule has 1 N–H and O–H groups in total. The molecule has 1 amide bonds. The van der Waals surface area contributed by atoms with Crippen LogP contribution < -0.4 is 14.8 Å². The Balaban J connectivity index is 1.91. The zero-order valence-electron chi connectivity index (χ0n) is 17.8. The van der Waals surface area contributed by atoms with Crippen LogP contribution in [0.1, 0.15) is 22.8 Å². The summed E-state index contributed by atoms with van der Waals surface area (Å²) in [5.74, 6) is -0.772. The zero-order valence-corrected chi connectivity index (χ0v) is 20.9. The van der Waals surface area contributed by atoms with E-state index >= 15 is 0 Å². The summed E-state index contributed by atoms with van der Waals surface area (Å²) in [5.41, 5.74) is 0.946. The second-order valence-corrected chi connectivity index (χ2v) is 8.38. The van der Waals surface area contributed by atoms with E-state index in [4.69, 9.17) is 32.7 Å². The van der Waals surface area contributed by atoms with Gasteiger partial charge in [-0.15, -0.1) is 0 Å². The number of nitrogens with zero attached hydrogens (tertiary/aromatic N) is 1. The lowest BCUT2D eigenvalue weighted by molar-refractivity contribution is -0.112. The van der Waals surface area contributed by atoms with Crippen molar-refractivity contribution >= 4 is 62.8 Å². The first-order valence-corrected chi connectivity index (χ1v) is 11.5. The first-order chi connectivity index (χ1) is 16.3. The third-order valence-corrected chi connectivity index (χ3v) is 5.82. The van der Waals surface area contributed by atoms with E-state index in [1.165, 1.54) is 6.08 Å². The summed E-state index contributed by atoms with van der Waals surface area (Å²) >= 11 is 15.5. The molecule has 0 radical (unpaired) electrons. The molecule has 0 heterocycles. The number of nitrogens with one attached hydrogen (secondary N) is 1. The van der Waals surface area contributed by atoms with Crippen LogP contribution >= 0.6 is 39.1 Å². The topological polar surface area (TPSA) is 88.4 Å². The van der Waals surface area contributed by atoms with E-state index < -0.39 is 11.9 Å². The summed E-state index contributed by atoms with van der Waals surface area (Å²) in [6.45, 7) is 2.08. The molecule has 0 bridgehead atoms. The third kappa shape index (κ3) is 6.17. The number of carbonyl (C=O) groups excluding carboxylic acids is 2. The highest BCUT2D eigenvalue weighted by atomic mass is 79.9. The number of esters is 1. The highest BCUT2D eigenvalue weighted by Crippen LogP contribution is 2.38. The third-order valence-electron chi connectivity index (χ3n) is 4.41. The molecule has 3 aromatic rings. The number of benzene rings is 3. The normalized spacial score (nSPS) is 10.9. The van der Waals surface area contributed by atoms with Gasteiger partial charge in [-0.2, -0.15) is 5.26 Å². The van der Waals surface area contributed by atoms with Gasteiger partial charge in [-0.25, -0.2) is 4.79 Å². The summed E-state index contributed by atoms with van der Waals surface area (Å²) in [5, 5.41) is 12.6. The number of ether oxygens (including phenoxy) is 2. The number of hydrogen-bond acceptors (Lipinski definition) is 5. The fourth-order valence-corrected chi connectivity index (χ4v) is 3.75. The quantitative estimate of drug-likeness (QED) is 0.147. The van der Waals surface area contributed by atoms with E-state index in [2.05, 4.69) is 21.2 Å². The highest BCUT2D eigenvalue weighted by Gasteiger charge is 2.18. The van der Waals surface area contributed by atoms with Crippen LogP contribution in [0.3, 0.4) is 0 Å². The van der Waals surface area contributed by atoms with Crippen LogP contribution in [0.15, 0.2) is 70.7 Å². The van der Waals surface area contributed by atoms with Gasteiger partial charge in [0.1, 0.15) is 11.6 Å². The van der Waals surface area contributed by atoms with E-state index in [-0.39, 0.29) is 32.8 Å². The number of amides is 1. The largest absolute Gasteiger partial charge is 0.490 e. The molecule has 0 atom stereocenters. The molecule has 3 aromatic carbocycles. The summed E-state index contributed by atoms with van der Waals surface area (Å²) < 4.78 is 11.6.